The van der Waals surface area contributed by atoms with Crippen LogP contribution in [0.1, 0.15) is 38.2 Å². The first-order chi connectivity index (χ1) is 14.7. The van der Waals surface area contributed by atoms with Gasteiger partial charge in [-0.3, -0.25) is 0 Å². The molecule has 31 heavy (non-hydrogen) atoms. The molecule has 1 aliphatic carbocycles. The van der Waals surface area contributed by atoms with Gasteiger partial charge in [0, 0.05) is 17.1 Å². The minimum Gasteiger partial charge on any atom is -0.449 e. The van der Waals surface area contributed by atoms with Gasteiger partial charge in [-0.25, -0.2) is 22.0 Å². The molecule has 0 saturated heterocycles. The number of halogens is 3. The maximum Gasteiger partial charge on any atom is 0.407 e. The Hall–Kier alpha value is -2.19. The highest BCUT2D eigenvalue weighted by molar-refractivity contribution is 7.92. The van der Waals surface area contributed by atoms with Crippen molar-refractivity contribution < 1.29 is 26.7 Å². The summed E-state index contributed by atoms with van der Waals surface area (Å²) in [5.74, 6) is -1.55. The number of hydrogen-bond donors (Lipinski definition) is 1. The van der Waals surface area contributed by atoms with Crippen molar-refractivity contribution in [3.63, 3.8) is 0 Å². The Morgan fingerprint density at radius 2 is 1.81 bits per heavy atom. The number of hydrogen-bond acceptors (Lipinski definition) is 4. The van der Waals surface area contributed by atoms with E-state index in [9.17, 15) is 22.0 Å². The lowest BCUT2D eigenvalue weighted by Gasteiger charge is -2.40. The first kappa shape index (κ1) is 23.5. The van der Waals surface area contributed by atoms with E-state index in [1.807, 2.05) is 0 Å². The number of carbonyl (C=O) groups excluding carboxylic acids is 1. The van der Waals surface area contributed by atoms with Crippen LogP contribution in [-0.2, 0) is 19.3 Å². The molecule has 0 spiro atoms. The monoisotopic (exact) mass is 471 g/mol. The molecule has 0 aromatic heterocycles. The van der Waals surface area contributed by atoms with Crippen molar-refractivity contribution in [3.05, 3.63) is 64.7 Å². The number of rotatable bonds is 6. The third-order valence-corrected chi connectivity index (χ3v) is 8.54. The second-order valence-electron chi connectivity index (χ2n) is 7.65. The molecule has 0 heterocycles. The molecule has 0 radical (unpaired) electrons. The molecule has 0 atom stereocenters. The van der Waals surface area contributed by atoms with Gasteiger partial charge in [0.05, 0.1) is 11.5 Å². The van der Waals surface area contributed by atoms with Gasteiger partial charge in [0.2, 0.25) is 0 Å². The van der Waals surface area contributed by atoms with Crippen LogP contribution in [0.2, 0.25) is 5.02 Å². The minimum atomic E-state index is -4.08. The summed E-state index contributed by atoms with van der Waals surface area (Å²) in [6.45, 7) is 2.34. The number of carbonyl (C=O) groups is 1. The van der Waals surface area contributed by atoms with Crippen molar-refractivity contribution in [1.82, 2.24) is 5.32 Å². The Balaban J connectivity index is 1.95. The summed E-state index contributed by atoms with van der Waals surface area (Å²) < 4.78 is 59.8. The van der Waals surface area contributed by atoms with Gasteiger partial charge in [-0.15, -0.1) is 0 Å². The van der Waals surface area contributed by atoms with Gasteiger partial charge < -0.3 is 10.1 Å². The van der Waals surface area contributed by atoms with Gasteiger partial charge in [0.25, 0.3) is 0 Å². The molecule has 1 amide bonds. The van der Waals surface area contributed by atoms with E-state index in [1.165, 1.54) is 24.3 Å². The number of benzene rings is 2. The van der Waals surface area contributed by atoms with Gasteiger partial charge in [-0.1, -0.05) is 11.6 Å². The summed E-state index contributed by atoms with van der Waals surface area (Å²) in [5, 5.41) is 2.90. The largest absolute Gasteiger partial charge is 0.449 e. The van der Waals surface area contributed by atoms with Crippen LogP contribution in [0.5, 0.6) is 0 Å². The molecule has 0 unspecified atom stereocenters. The van der Waals surface area contributed by atoms with Gasteiger partial charge >= 0.3 is 6.09 Å². The van der Waals surface area contributed by atoms with Crippen LogP contribution in [0.15, 0.2) is 47.4 Å². The number of amides is 1. The highest BCUT2D eigenvalue weighted by Crippen LogP contribution is 2.49. The smallest absolute Gasteiger partial charge is 0.407 e. The number of sulfone groups is 1. The molecule has 1 aliphatic rings. The van der Waals surface area contributed by atoms with Crippen LogP contribution in [0, 0.1) is 17.6 Å². The molecule has 2 aromatic rings. The molecule has 2 aromatic carbocycles. The lowest BCUT2D eigenvalue weighted by atomic mass is 9.78. The Kier molecular flexibility index (Phi) is 7.21. The predicted octanol–water partition coefficient (Wildman–Crippen LogP) is 5.22. The summed E-state index contributed by atoms with van der Waals surface area (Å²) >= 11 is 5.90. The zero-order chi connectivity index (χ0) is 22.6. The highest BCUT2D eigenvalue weighted by atomic mass is 35.5. The van der Waals surface area contributed by atoms with E-state index in [0.29, 0.717) is 24.4 Å². The zero-order valence-corrected chi connectivity index (χ0v) is 18.6. The van der Waals surface area contributed by atoms with Crippen molar-refractivity contribution in [1.29, 1.82) is 0 Å². The molecule has 3 rings (SSSR count). The Bertz CT molecular complexity index is 1040. The van der Waals surface area contributed by atoms with Crippen molar-refractivity contribution in [2.24, 2.45) is 5.92 Å². The Labute approximate surface area is 185 Å². The van der Waals surface area contributed by atoms with Crippen molar-refractivity contribution >= 4 is 27.5 Å². The fraction of sp³-hybridized carbons (Fsp3) is 0.409. The molecule has 0 aliphatic heterocycles. The van der Waals surface area contributed by atoms with Gasteiger partial charge in [-0.05, 0) is 81.0 Å². The number of nitrogens with one attached hydrogen (secondary N) is 1. The Morgan fingerprint density at radius 3 is 2.42 bits per heavy atom. The van der Waals surface area contributed by atoms with E-state index in [1.54, 1.807) is 6.92 Å². The van der Waals surface area contributed by atoms with E-state index in [0.717, 1.165) is 18.2 Å². The maximum absolute atomic E-state index is 14.8. The molecular formula is C22H24ClF2NO4S. The van der Waals surface area contributed by atoms with Crippen LogP contribution in [-0.4, -0.2) is 27.7 Å². The molecule has 9 heteroatoms. The molecule has 168 valence electrons. The average Bonchev–Trinajstić information content (AvgIpc) is 2.75. The SMILES string of the molecule is CCNC(=O)OCC1CCC(c2cc(F)ccc2F)(S(=O)(=O)c2ccc(Cl)cc2)CC1. The Morgan fingerprint density at radius 1 is 1.16 bits per heavy atom. The average molecular weight is 472 g/mol. The second kappa shape index (κ2) is 9.53. The molecule has 1 saturated carbocycles. The fourth-order valence-corrected chi connectivity index (χ4v) is 6.36. The predicted molar refractivity (Wildman–Crippen MR) is 114 cm³/mol. The third-order valence-electron chi connectivity index (χ3n) is 5.74. The molecule has 1 N–H and O–H groups in total. The normalized spacial score (nSPS) is 21.5. The summed E-state index contributed by atoms with van der Waals surface area (Å²) in [6.07, 6.45) is 0.359. The summed E-state index contributed by atoms with van der Waals surface area (Å²) in [4.78, 5) is 11.6. The van der Waals surface area contributed by atoms with Crippen molar-refractivity contribution in [3.8, 4) is 0 Å². The number of alkyl carbamates (subject to hydrolysis) is 1. The van der Waals surface area contributed by atoms with Crippen molar-refractivity contribution in [2.45, 2.75) is 42.2 Å². The second-order valence-corrected chi connectivity index (χ2v) is 10.3. The molecular weight excluding hydrogens is 448 g/mol. The van der Waals surface area contributed by atoms with E-state index in [4.69, 9.17) is 16.3 Å². The lowest BCUT2D eigenvalue weighted by molar-refractivity contribution is 0.111. The first-order valence-electron chi connectivity index (χ1n) is 10.1. The summed E-state index contributed by atoms with van der Waals surface area (Å²) in [7, 11) is -4.08. The first-order valence-corrected chi connectivity index (χ1v) is 11.9. The third kappa shape index (κ3) is 4.85. The summed E-state index contributed by atoms with van der Waals surface area (Å²) in [5.41, 5.74) is -0.175. The maximum atomic E-state index is 14.8. The fourth-order valence-electron chi connectivity index (χ4n) is 4.07. The van der Waals surface area contributed by atoms with Crippen molar-refractivity contribution in [2.75, 3.05) is 13.2 Å². The lowest BCUT2D eigenvalue weighted by Crippen LogP contribution is -2.41. The van der Waals surface area contributed by atoms with E-state index in [2.05, 4.69) is 5.32 Å². The van der Waals surface area contributed by atoms with Crippen LogP contribution in [0.4, 0.5) is 13.6 Å². The van der Waals surface area contributed by atoms with Gasteiger partial charge in [-0.2, -0.15) is 0 Å². The zero-order valence-electron chi connectivity index (χ0n) is 17.0. The van der Waals surface area contributed by atoms with Crippen LogP contribution in [0.25, 0.3) is 0 Å². The van der Waals surface area contributed by atoms with Gasteiger partial charge in [0.1, 0.15) is 16.4 Å². The number of ether oxygens (including phenoxy) is 1. The minimum absolute atomic E-state index is 0.00224. The van der Waals surface area contributed by atoms with Crippen LogP contribution >= 0.6 is 11.6 Å². The standard InChI is InChI=1S/C22H24ClF2NO4S/c1-2-26-21(27)30-14-15-9-11-22(12-10-15,19-13-17(24)5-8-20(19)25)31(28,29)18-6-3-16(23)4-7-18/h3-8,13,15H,2,9-12,14H2,1H3,(H,26,27). The van der Waals surface area contributed by atoms with E-state index in [-0.39, 0.29) is 35.8 Å². The highest BCUT2D eigenvalue weighted by Gasteiger charge is 2.50. The molecule has 0 bridgehead atoms. The molecule has 5 nitrogen and oxygen atoms in total. The van der Waals surface area contributed by atoms with Gasteiger partial charge in [0.15, 0.2) is 9.84 Å². The topological polar surface area (TPSA) is 72.5 Å². The van der Waals surface area contributed by atoms with E-state index < -0.39 is 32.3 Å². The van der Waals surface area contributed by atoms with Crippen LogP contribution < -0.4 is 5.32 Å². The van der Waals surface area contributed by atoms with E-state index >= 15 is 0 Å². The molecule has 1 fully saturated rings. The van der Waals surface area contributed by atoms with Crippen LogP contribution in [0.3, 0.4) is 0 Å². The quantitative estimate of drug-likeness (QED) is 0.626. The summed E-state index contributed by atoms with van der Waals surface area (Å²) in [6, 6.07) is 8.54.